The third-order valence-electron chi connectivity index (χ3n) is 4.39. The fourth-order valence-corrected chi connectivity index (χ4v) is 2.98. The van der Waals surface area contributed by atoms with E-state index in [1.165, 1.54) is 12.8 Å². The van der Waals surface area contributed by atoms with Crippen molar-refractivity contribution in [1.29, 1.82) is 0 Å². The van der Waals surface area contributed by atoms with Crippen molar-refractivity contribution >= 4 is 5.97 Å². The van der Waals surface area contributed by atoms with Gasteiger partial charge in [0.2, 0.25) is 0 Å². The minimum atomic E-state index is -0.833. The standard InChI is InChI=1S/C17H18N4O.C2H4O2/c1-12-15(16-18-10-11-20(16)13-8-9-13)17(22)21(19(12)2)14-6-4-3-5-7-14;1-2(3)4/h3-7,10-11,13H,8-9H2,1-2H3;1H3,(H,3,4). The summed E-state index contributed by atoms with van der Waals surface area (Å²) in [6, 6.07) is 10.2. The zero-order valence-electron chi connectivity index (χ0n) is 15.1. The fraction of sp³-hybridized carbons (Fsp3) is 0.316. The third kappa shape index (κ3) is 3.33. The average Bonchev–Trinajstić information content (AvgIpc) is 3.29. The monoisotopic (exact) mass is 354 g/mol. The van der Waals surface area contributed by atoms with Crippen LogP contribution in [0.1, 0.15) is 31.5 Å². The Bertz CT molecular complexity index is 974. The summed E-state index contributed by atoms with van der Waals surface area (Å²) in [5.41, 5.74) is 2.48. The molecule has 1 N–H and O–H groups in total. The Hall–Kier alpha value is -3.09. The van der Waals surface area contributed by atoms with E-state index in [1.54, 1.807) is 10.9 Å². The van der Waals surface area contributed by atoms with Crippen LogP contribution in [0.4, 0.5) is 0 Å². The zero-order chi connectivity index (χ0) is 18.8. The second-order valence-electron chi connectivity index (χ2n) is 6.34. The summed E-state index contributed by atoms with van der Waals surface area (Å²) in [6.45, 7) is 3.06. The molecule has 0 bridgehead atoms. The molecule has 1 aliphatic rings. The van der Waals surface area contributed by atoms with Gasteiger partial charge in [-0.25, -0.2) is 9.67 Å². The molecule has 2 aromatic heterocycles. The van der Waals surface area contributed by atoms with Crippen LogP contribution in [-0.4, -0.2) is 30.0 Å². The SMILES string of the molecule is CC(=O)O.Cc1c(-c2nccn2C2CC2)c(=O)n(-c2ccccc2)n1C. The molecule has 0 atom stereocenters. The van der Waals surface area contributed by atoms with Gasteiger partial charge in [-0.1, -0.05) is 18.2 Å². The minimum absolute atomic E-state index is 0.0145. The molecule has 4 rings (SSSR count). The highest BCUT2D eigenvalue weighted by Gasteiger charge is 2.29. The van der Waals surface area contributed by atoms with Gasteiger partial charge in [0.05, 0.1) is 5.69 Å². The van der Waals surface area contributed by atoms with E-state index in [-0.39, 0.29) is 5.56 Å². The Balaban J connectivity index is 0.000000447. The zero-order valence-corrected chi connectivity index (χ0v) is 15.1. The molecule has 7 heteroatoms. The van der Waals surface area contributed by atoms with Gasteiger partial charge in [0, 0.05) is 38.1 Å². The van der Waals surface area contributed by atoms with Gasteiger partial charge in [-0.2, -0.15) is 0 Å². The number of carboxylic acid groups (broad SMARTS) is 1. The number of hydrogen-bond donors (Lipinski definition) is 1. The summed E-state index contributed by atoms with van der Waals surface area (Å²) in [4.78, 5) is 26.4. The maximum Gasteiger partial charge on any atom is 0.300 e. The molecule has 0 amide bonds. The highest BCUT2D eigenvalue weighted by Crippen LogP contribution is 2.37. The Morgan fingerprint density at radius 2 is 1.85 bits per heavy atom. The quantitative estimate of drug-likeness (QED) is 0.784. The lowest BCUT2D eigenvalue weighted by atomic mass is 10.2. The lowest BCUT2D eigenvalue weighted by Gasteiger charge is -2.07. The molecule has 0 radical (unpaired) electrons. The summed E-state index contributed by atoms with van der Waals surface area (Å²) >= 11 is 0. The van der Waals surface area contributed by atoms with Crippen LogP contribution in [-0.2, 0) is 11.8 Å². The molecular formula is C19H22N4O3. The van der Waals surface area contributed by atoms with Crippen molar-refractivity contribution in [2.75, 3.05) is 0 Å². The summed E-state index contributed by atoms with van der Waals surface area (Å²) in [6.07, 6.45) is 6.10. The van der Waals surface area contributed by atoms with Crippen molar-refractivity contribution in [2.24, 2.45) is 7.05 Å². The van der Waals surface area contributed by atoms with Crippen LogP contribution in [0.5, 0.6) is 0 Å². The Morgan fingerprint density at radius 3 is 2.42 bits per heavy atom. The lowest BCUT2D eigenvalue weighted by molar-refractivity contribution is -0.134. The highest BCUT2D eigenvalue weighted by molar-refractivity contribution is 5.63. The molecule has 2 heterocycles. The lowest BCUT2D eigenvalue weighted by Crippen LogP contribution is -2.20. The molecule has 136 valence electrons. The third-order valence-corrected chi connectivity index (χ3v) is 4.39. The molecule has 0 unspecified atom stereocenters. The van der Waals surface area contributed by atoms with Gasteiger partial charge in [-0.15, -0.1) is 0 Å². The van der Waals surface area contributed by atoms with E-state index in [1.807, 2.05) is 55.2 Å². The van der Waals surface area contributed by atoms with E-state index < -0.39 is 5.97 Å². The van der Waals surface area contributed by atoms with Crippen LogP contribution in [0.3, 0.4) is 0 Å². The van der Waals surface area contributed by atoms with E-state index >= 15 is 0 Å². The largest absolute Gasteiger partial charge is 0.481 e. The van der Waals surface area contributed by atoms with Crippen LogP contribution in [0.15, 0.2) is 47.5 Å². The molecular weight excluding hydrogens is 332 g/mol. The fourth-order valence-electron chi connectivity index (χ4n) is 2.98. The van der Waals surface area contributed by atoms with E-state index in [9.17, 15) is 4.79 Å². The van der Waals surface area contributed by atoms with Crippen LogP contribution < -0.4 is 5.56 Å². The first-order chi connectivity index (χ1) is 12.4. The predicted molar refractivity (Wildman–Crippen MR) is 98.5 cm³/mol. The average molecular weight is 354 g/mol. The van der Waals surface area contributed by atoms with Crippen molar-refractivity contribution in [1.82, 2.24) is 18.9 Å². The molecule has 0 saturated heterocycles. The second kappa shape index (κ2) is 7.03. The summed E-state index contributed by atoms with van der Waals surface area (Å²) in [5.74, 6) is -0.0460. The maximum atomic E-state index is 13.0. The first-order valence-corrected chi connectivity index (χ1v) is 8.48. The molecule has 7 nitrogen and oxygen atoms in total. The first kappa shape index (κ1) is 17.7. The van der Waals surface area contributed by atoms with Crippen molar-refractivity contribution in [2.45, 2.75) is 32.7 Å². The molecule has 1 fully saturated rings. The molecule has 3 aromatic rings. The summed E-state index contributed by atoms with van der Waals surface area (Å²) < 4.78 is 5.74. The van der Waals surface area contributed by atoms with E-state index in [2.05, 4.69) is 9.55 Å². The number of nitrogens with zero attached hydrogens (tertiary/aromatic N) is 4. The molecule has 1 aromatic carbocycles. The molecule has 0 aliphatic heterocycles. The predicted octanol–water partition coefficient (Wildman–Crippen LogP) is 2.77. The van der Waals surface area contributed by atoms with Crippen LogP contribution in [0.2, 0.25) is 0 Å². The number of benzene rings is 1. The molecule has 1 aliphatic carbocycles. The highest BCUT2D eigenvalue weighted by atomic mass is 16.4. The second-order valence-corrected chi connectivity index (χ2v) is 6.34. The normalized spacial score (nSPS) is 13.2. The van der Waals surface area contributed by atoms with Gasteiger partial charge in [0.1, 0.15) is 11.4 Å². The Morgan fingerprint density at radius 1 is 1.23 bits per heavy atom. The van der Waals surface area contributed by atoms with Gasteiger partial charge < -0.3 is 9.67 Å². The maximum absolute atomic E-state index is 13.0. The van der Waals surface area contributed by atoms with Crippen molar-refractivity contribution in [3.63, 3.8) is 0 Å². The van der Waals surface area contributed by atoms with Gasteiger partial charge in [-0.3, -0.25) is 14.3 Å². The van der Waals surface area contributed by atoms with Crippen molar-refractivity contribution < 1.29 is 9.90 Å². The van der Waals surface area contributed by atoms with Crippen LogP contribution >= 0.6 is 0 Å². The molecule has 0 spiro atoms. The smallest absolute Gasteiger partial charge is 0.300 e. The number of aromatic nitrogens is 4. The number of carbonyl (C=O) groups is 1. The molecule has 26 heavy (non-hydrogen) atoms. The first-order valence-electron chi connectivity index (χ1n) is 8.48. The molecule has 1 saturated carbocycles. The number of hydrogen-bond acceptors (Lipinski definition) is 3. The number of rotatable bonds is 3. The van der Waals surface area contributed by atoms with Gasteiger partial charge in [-0.05, 0) is 31.9 Å². The van der Waals surface area contributed by atoms with E-state index in [4.69, 9.17) is 9.90 Å². The van der Waals surface area contributed by atoms with Gasteiger partial charge >= 0.3 is 0 Å². The summed E-state index contributed by atoms with van der Waals surface area (Å²) in [7, 11) is 1.91. The Kier molecular flexibility index (Phi) is 4.79. The number of aliphatic carboxylic acids is 1. The van der Waals surface area contributed by atoms with Crippen molar-refractivity contribution in [3.8, 4) is 17.1 Å². The number of carboxylic acids is 1. The topological polar surface area (TPSA) is 82.1 Å². The van der Waals surface area contributed by atoms with Gasteiger partial charge in [0.15, 0.2) is 0 Å². The van der Waals surface area contributed by atoms with E-state index in [0.717, 1.165) is 24.1 Å². The van der Waals surface area contributed by atoms with Crippen LogP contribution in [0.25, 0.3) is 17.1 Å². The van der Waals surface area contributed by atoms with E-state index in [0.29, 0.717) is 11.6 Å². The Labute approximate surface area is 151 Å². The van der Waals surface area contributed by atoms with Gasteiger partial charge in [0.25, 0.3) is 11.5 Å². The van der Waals surface area contributed by atoms with Crippen LogP contribution in [0, 0.1) is 6.92 Å². The minimum Gasteiger partial charge on any atom is -0.481 e. The van der Waals surface area contributed by atoms with Crippen molar-refractivity contribution in [3.05, 3.63) is 58.8 Å². The summed E-state index contributed by atoms with van der Waals surface area (Å²) in [5, 5.41) is 7.42. The number of imidazole rings is 1. The number of para-hydroxylation sites is 1.